The zero-order valence-electron chi connectivity index (χ0n) is 10.6. The molecule has 1 rings (SSSR count). The van der Waals surface area contributed by atoms with Crippen LogP contribution in [-0.4, -0.2) is 50.5 Å². The summed E-state index contributed by atoms with van der Waals surface area (Å²) in [5.41, 5.74) is 0. The molecule has 0 fully saturated rings. The van der Waals surface area contributed by atoms with Gasteiger partial charge >= 0.3 is 0 Å². The molecular weight excluding hydrogens is 256 g/mol. The van der Waals surface area contributed by atoms with Crippen LogP contribution in [0, 0.1) is 0 Å². The Bertz CT molecular complexity index is 325. The van der Waals surface area contributed by atoms with Gasteiger partial charge in [0, 0.05) is 13.1 Å². The minimum atomic E-state index is -2.44. The second-order valence-corrected chi connectivity index (χ2v) is 3.95. The molecule has 0 aliphatic heterocycles. The molecule has 1 aromatic carbocycles. The van der Waals surface area contributed by atoms with Crippen molar-refractivity contribution in [3.63, 3.8) is 0 Å². The third-order valence-corrected chi connectivity index (χ3v) is 2.23. The first kappa shape index (κ1) is 15.8. The van der Waals surface area contributed by atoms with Crippen molar-refractivity contribution in [3.05, 3.63) is 30.3 Å². The Labute approximate surface area is 111 Å². The summed E-state index contributed by atoms with van der Waals surface area (Å²) in [6, 6.07) is 9.18. The largest absolute Gasteiger partial charge is 0.491 e. The summed E-state index contributed by atoms with van der Waals surface area (Å²) in [6.45, 7) is 0.548. The van der Waals surface area contributed by atoms with Crippen molar-refractivity contribution < 1.29 is 23.4 Å². The maximum absolute atomic E-state index is 11.7. The normalized spacial score (nSPS) is 12.6. The van der Waals surface area contributed by atoms with Crippen LogP contribution in [0.4, 0.5) is 8.78 Å². The lowest BCUT2D eigenvalue weighted by molar-refractivity contribution is 0.0177. The highest BCUT2D eigenvalue weighted by Crippen LogP contribution is 2.08. The molecule has 1 aromatic rings. The molecule has 0 aliphatic rings. The summed E-state index contributed by atoms with van der Waals surface area (Å²) in [5, 5.41) is 12.5. The van der Waals surface area contributed by atoms with Gasteiger partial charge < -0.3 is 19.9 Å². The van der Waals surface area contributed by atoms with Gasteiger partial charge in [-0.05, 0) is 12.1 Å². The predicted molar refractivity (Wildman–Crippen MR) is 67.6 cm³/mol. The van der Waals surface area contributed by atoms with Gasteiger partial charge in [-0.1, -0.05) is 18.2 Å². The van der Waals surface area contributed by atoms with Crippen LogP contribution in [0.3, 0.4) is 0 Å². The minimum Gasteiger partial charge on any atom is -0.491 e. The molecule has 0 aromatic heterocycles. The molecule has 0 radical (unpaired) electrons. The average molecular weight is 275 g/mol. The number of para-hydroxylation sites is 1. The zero-order chi connectivity index (χ0) is 13.9. The lowest BCUT2D eigenvalue weighted by atomic mass is 10.3. The maximum Gasteiger partial charge on any atom is 0.261 e. The van der Waals surface area contributed by atoms with Crippen LogP contribution in [0.25, 0.3) is 0 Å². The number of ether oxygens (including phenoxy) is 2. The topological polar surface area (TPSA) is 50.7 Å². The zero-order valence-corrected chi connectivity index (χ0v) is 10.6. The highest BCUT2D eigenvalue weighted by molar-refractivity contribution is 5.20. The Balaban J connectivity index is 1.98. The minimum absolute atomic E-state index is 0.176. The molecule has 19 heavy (non-hydrogen) atoms. The van der Waals surface area contributed by atoms with E-state index in [0.29, 0.717) is 18.8 Å². The first-order chi connectivity index (χ1) is 9.18. The van der Waals surface area contributed by atoms with Crippen molar-refractivity contribution in [2.24, 2.45) is 0 Å². The van der Waals surface area contributed by atoms with Gasteiger partial charge in [0.25, 0.3) is 6.43 Å². The molecule has 0 bridgehead atoms. The molecule has 0 saturated carbocycles. The Kier molecular flexibility index (Phi) is 8.04. The van der Waals surface area contributed by atoms with Crippen LogP contribution in [0.2, 0.25) is 0 Å². The summed E-state index contributed by atoms with van der Waals surface area (Å²) >= 11 is 0. The van der Waals surface area contributed by atoms with Crippen molar-refractivity contribution in [1.29, 1.82) is 0 Å². The van der Waals surface area contributed by atoms with Gasteiger partial charge in [0.05, 0.1) is 6.61 Å². The summed E-state index contributed by atoms with van der Waals surface area (Å²) in [7, 11) is 0. The monoisotopic (exact) mass is 275 g/mol. The van der Waals surface area contributed by atoms with Crippen molar-refractivity contribution in [2.45, 2.75) is 12.5 Å². The smallest absolute Gasteiger partial charge is 0.261 e. The fourth-order valence-corrected chi connectivity index (χ4v) is 1.35. The van der Waals surface area contributed by atoms with E-state index in [1.54, 1.807) is 12.1 Å². The number of rotatable bonds is 10. The Morgan fingerprint density at radius 3 is 2.58 bits per heavy atom. The number of halogens is 2. The SMILES string of the molecule is OC(CNCCOCC(F)F)COc1ccccc1. The lowest BCUT2D eigenvalue weighted by Crippen LogP contribution is -2.33. The van der Waals surface area contributed by atoms with Gasteiger partial charge in [0.2, 0.25) is 0 Å². The maximum atomic E-state index is 11.7. The van der Waals surface area contributed by atoms with Crippen LogP contribution in [-0.2, 0) is 4.74 Å². The number of hydrogen-bond acceptors (Lipinski definition) is 4. The molecular formula is C13H19F2NO3. The molecule has 1 unspecified atom stereocenters. The second-order valence-electron chi connectivity index (χ2n) is 3.95. The Morgan fingerprint density at radius 1 is 1.16 bits per heavy atom. The molecule has 2 N–H and O–H groups in total. The number of aliphatic hydroxyl groups is 1. The van der Waals surface area contributed by atoms with Gasteiger partial charge in [-0.25, -0.2) is 8.78 Å². The van der Waals surface area contributed by atoms with Gasteiger partial charge in [0.1, 0.15) is 25.1 Å². The highest BCUT2D eigenvalue weighted by atomic mass is 19.3. The van der Waals surface area contributed by atoms with E-state index in [0.717, 1.165) is 0 Å². The van der Waals surface area contributed by atoms with Gasteiger partial charge in [-0.3, -0.25) is 0 Å². The first-order valence-electron chi connectivity index (χ1n) is 6.11. The Morgan fingerprint density at radius 2 is 1.89 bits per heavy atom. The third kappa shape index (κ3) is 8.47. The average Bonchev–Trinajstić information content (AvgIpc) is 2.41. The highest BCUT2D eigenvalue weighted by Gasteiger charge is 2.05. The second kappa shape index (κ2) is 9.66. The van der Waals surface area contributed by atoms with Crippen molar-refractivity contribution >= 4 is 0 Å². The molecule has 4 nitrogen and oxygen atoms in total. The fourth-order valence-electron chi connectivity index (χ4n) is 1.35. The number of alkyl halides is 2. The number of benzene rings is 1. The van der Waals surface area contributed by atoms with Crippen molar-refractivity contribution in [2.75, 3.05) is 32.9 Å². The first-order valence-corrected chi connectivity index (χ1v) is 6.11. The van der Waals surface area contributed by atoms with E-state index in [9.17, 15) is 13.9 Å². The molecule has 0 amide bonds. The fraction of sp³-hybridized carbons (Fsp3) is 0.538. The van der Waals surface area contributed by atoms with Crippen LogP contribution >= 0.6 is 0 Å². The van der Waals surface area contributed by atoms with Crippen molar-refractivity contribution in [1.82, 2.24) is 5.32 Å². The van der Waals surface area contributed by atoms with Crippen LogP contribution in [0.1, 0.15) is 0 Å². The van der Waals surface area contributed by atoms with Crippen LogP contribution in [0.15, 0.2) is 30.3 Å². The lowest BCUT2D eigenvalue weighted by Gasteiger charge is -2.13. The predicted octanol–water partition coefficient (Wildman–Crippen LogP) is 1.30. The van der Waals surface area contributed by atoms with E-state index in [2.05, 4.69) is 10.1 Å². The molecule has 0 spiro atoms. The number of aliphatic hydroxyl groups excluding tert-OH is 1. The van der Waals surface area contributed by atoms with Crippen molar-refractivity contribution in [3.8, 4) is 5.75 Å². The molecule has 1 atom stereocenters. The van der Waals surface area contributed by atoms with E-state index >= 15 is 0 Å². The molecule has 6 heteroatoms. The molecule has 0 saturated heterocycles. The number of nitrogens with one attached hydrogen (secondary N) is 1. The number of hydrogen-bond donors (Lipinski definition) is 2. The van der Waals surface area contributed by atoms with Gasteiger partial charge in [0.15, 0.2) is 0 Å². The molecule has 0 aliphatic carbocycles. The third-order valence-electron chi connectivity index (χ3n) is 2.23. The molecule has 108 valence electrons. The quantitative estimate of drug-likeness (QED) is 0.632. The van der Waals surface area contributed by atoms with Gasteiger partial charge in [-0.2, -0.15) is 0 Å². The van der Waals surface area contributed by atoms with Crippen LogP contribution < -0.4 is 10.1 Å². The van der Waals surface area contributed by atoms with E-state index in [4.69, 9.17) is 4.74 Å². The Hall–Kier alpha value is -1.24. The van der Waals surface area contributed by atoms with E-state index in [-0.39, 0.29) is 13.2 Å². The summed E-state index contributed by atoms with van der Waals surface area (Å²) < 4.78 is 33.5. The summed E-state index contributed by atoms with van der Waals surface area (Å²) in [5.74, 6) is 0.696. The summed E-state index contributed by atoms with van der Waals surface area (Å²) in [6.07, 6.45) is -3.10. The standard InChI is InChI=1S/C13H19F2NO3/c14-13(15)10-18-7-6-16-8-11(17)9-19-12-4-2-1-3-5-12/h1-5,11,13,16-17H,6-10H2. The van der Waals surface area contributed by atoms with E-state index < -0.39 is 19.1 Å². The van der Waals surface area contributed by atoms with Crippen LogP contribution in [0.5, 0.6) is 5.75 Å². The van der Waals surface area contributed by atoms with E-state index in [1.165, 1.54) is 0 Å². The summed E-state index contributed by atoms with van der Waals surface area (Å²) in [4.78, 5) is 0. The van der Waals surface area contributed by atoms with E-state index in [1.807, 2.05) is 18.2 Å². The molecule has 0 heterocycles. The van der Waals surface area contributed by atoms with Gasteiger partial charge in [-0.15, -0.1) is 0 Å².